The summed E-state index contributed by atoms with van der Waals surface area (Å²) in [6.45, 7) is 5.44. The van der Waals surface area contributed by atoms with E-state index in [0.717, 1.165) is 5.56 Å². The van der Waals surface area contributed by atoms with Gasteiger partial charge < -0.3 is 0 Å². The highest BCUT2D eigenvalue weighted by Crippen LogP contribution is 2.25. The Morgan fingerprint density at radius 1 is 0.824 bits per heavy atom. The Kier molecular flexibility index (Phi) is 4.83. The monoisotopic (exact) mass is 234 g/mol. The molecule has 0 bridgehead atoms. The van der Waals surface area contributed by atoms with Gasteiger partial charge in [0.15, 0.2) is 0 Å². The van der Waals surface area contributed by atoms with Crippen LogP contribution < -0.4 is 0 Å². The van der Waals surface area contributed by atoms with Crippen molar-refractivity contribution < 1.29 is 8.78 Å². The van der Waals surface area contributed by atoms with Gasteiger partial charge in [-0.25, -0.2) is 8.78 Å². The minimum Gasteiger partial charge on any atom is -0.207 e. The molecule has 0 aromatic heterocycles. The molecule has 2 aromatic carbocycles. The van der Waals surface area contributed by atoms with E-state index in [4.69, 9.17) is 0 Å². The van der Waals surface area contributed by atoms with E-state index in [9.17, 15) is 8.78 Å². The van der Waals surface area contributed by atoms with E-state index >= 15 is 0 Å². The summed E-state index contributed by atoms with van der Waals surface area (Å²) in [5.41, 5.74) is 1.27. The maximum atomic E-state index is 13.7. The van der Waals surface area contributed by atoms with Crippen molar-refractivity contribution in [2.24, 2.45) is 0 Å². The lowest BCUT2D eigenvalue weighted by atomic mass is 10.0. The van der Waals surface area contributed by atoms with Gasteiger partial charge in [-0.2, -0.15) is 0 Å². The van der Waals surface area contributed by atoms with Crippen molar-refractivity contribution in [2.45, 2.75) is 20.8 Å². The predicted molar refractivity (Wildman–Crippen MR) is 67.9 cm³/mol. The molecule has 17 heavy (non-hydrogen) atoms. The van der Waals surface area contributed by atoms with Crippen molar-refractivity contribution in [3.8, 4) is 11.1 Å². The summed E-state index contributed by atoms with van der Waals surface area (Å²) in [4.78, 5) is 0. The average molecular weight is 234 g/mol. The fraction of sp³-hybridized carbons (Fsp3) is 0.200. The van der Waals surface area contributed by atoms with Gasteiger partial charge in [0, 0.05) is 11.1 Å². The maximum Gasteiger partial charge on any atom is 0.136 e. The number of hydrogen-bond acceptors (Lipinski definition) is 0. The van der Waals surface area contributed by atoms with Crippen LogP contribution in [0.25, 0.3) is 11.1 Å². The van der Waals surface area contributed by atoms with Crippen LogP contribution in [0.2, 0.25) is 0 Å². The van der Waals surface area contributed by atoms with Crippen molar-refractivity contribution in [1.82, 2.24) is 0 Å². The van der Waals surface area contributed by atoms with Crippen molar-refractivity contribution in [3.05, 3.63) is 59.7 Å². The lowest BCUT2D eigenvalue weighted by Crippen LogP contribution is -1.92. The van der Waals surface area contributed by atoms with Gasteiger partial charge >= 0.3 is 0 Å². The van der Waals surface area contributed by atoms with Crippen molar-refractivity contribution in [2.75, 3.05) is 0 Å². The molecule has 0 amide bonds. The van der Waals surface area contributed by atoms with Crippen molar-refractivity contribution in [3.63, 3.8) is 0 Å². The molecule has 0 heterocycles. The van der Waals surface area contributed by atoms with Crippen molar-refractivity contribution >= 4 is 0 Å². The Balaban J connectivity index is 0.000000686. The minimum absolute atomic E-state index is 0.0661. The summed E-state index contributed by atoms with van der Waals surface area (Å²) in [7, 11) is 0. The quantitative estimate of drug-likeness (QED) is 0.653. The van der Waals surface area contributed by atoms with E-state index in [2.05, 4.69) is 0 Å². The predicted octanol–water partition coefficient (Wildman–Crippen LogP) is 4.97. The van der Waals surface area contributed by atoms with E-state index in [-0.39, 0.29) is 5.56 Å². The van der Waals surface area contributed by atoms with Crippen molar-refractivity contribution in [1.29, 1.82) is 0 Å². The van der Waals surface area contributed by atoms with E-state index in [1.807, 2.05) is 32.0 Å². The average Bonchev–Trinajstić information content (AvgIpc) is 2.40. The van der Waals surface area contributed by atoms with Gasteiger partial charge in [-0.05, 0) is 24.6 Å². The molecule has 2 rings (SSSR count). The van der Waals surface area contributed by atoms with Gasteiger partial charge in [0.2, 0.25) is 0 Å². The Bertz CT molecular complexity index is 476. The molecule has 0 aliphatic carbocycles. The first kappa shape index (κ1) is 13.4. The van der Waals surface area contributed by atoms with E-state index in [0.29, 0.717) is 5.56 Å². The van der Waals surface area contributed by atoms with Crippen LogP contribution in [-0.2, 0) is 0 Å². The Hall–Kier alpha value is -1.70. The standard InChI is InChI=1S/C13H10F2.C2H6/c1-9-12(14)8-7-11(13(9)15)10-5-3-2-4-6-10;1-2/h2-8H,1H3;1-2H3. The first-order valence-electron chi connectivity index (χ1n) is 5.70. The van der Waals surface area contributed by atoms with Crippen LogP contribution in [0.4, 0.5) is 8.78 Å². The van der Waals surface area contributed by atoms with Crippen LogP contribution in [0.3, 0.4) is 0 Å². The summed E-state index contributed by atoms with van der Waals surface area (Å²) in [5.74, 6) is -0.992. The SMILES string of the molecule is CC.Cc1c(F)ccc(-c2ccccc2)c1F. The normalized spacial score (nSPS) is 9.47. The highest BCUT2D eigenvalue weighted by molar-refractivity contribution is 5.64. The molecule has 0 saturated heterocycles. The summed E-state index contributed by atoms with van der Waals surface area (Å²) in [6.07, 6.45) is 0. The summed E-state index contributed by atoms with van der Waals surface area (Å²) in [6, 6.07) is 11.9. The lowest BCUT2D eigenvalue weighted by Gasteiger charge is -2.06. The molecule has 0 aliphatic rings. The highest BCUT2D eigenvalue weighted by atomic mass is 19.1. The fourth-order valence-electron chi connectivity index (χ4n) is 1.50. The van der Waals surface area contributed by atoms with Gasteiger partial charge in [0.05, 0.1) is 0 Å². The van der Waals surface area contributed by atoms with Crippen LogP contribution in [0.1, 0.15) is 19.4 Å². The molecule has 0 radical (unpaired) electrons. The molecule has 0 aliphatic heterocycles. The highest BCUT2D eigenvalue weighted by Gasteiger charge is 2.10. The third-order valence-corrected chi connectivity index (χ3v) is 2.41. The first-order chi connectivity index (χ1) is 8.20. The topological polar surface area (TPSA) is 0 Å². The zero-order valence-corrected chi connectivity index (χ0v) is 10.3. The van der Waals surface area contributed by atoms with Crippen LogP contribution >= 0.6 is 0 Å². The fourth-order valence-corrected chi connectivity index (χ4v) is 1.50. The smallest absolute Gasteiger partial charge is 0.136 e. The zero-order chi connectivity index (χ0) is 12.8. The van der Waals surface area contributed by atoms with Crippen LogP contribution in [0.15, 0.2) is 42.5 Å². The molecule has 0 nitrogen and oxygen atoms in total. The molecule has 0 unspecified atom stereocenters. The van der Waals surface area contributed by atoms with E-state index < -0.39 is 11.6 Å². The molecular formula is C15H16F2. The number of halogens is 2. The third kappa shape index (κ3) is 2.90. The lowest BCUT2D eigenvalue weighted by molar-refractivity contribution is 0.570. The van der Waals surface area contributed by atoms with E-state index in [1.54, 1.807) is 12.1 Å². The second-order valence-electron chi connectivity index (χ2n) is 3.40. The second-order valence-corrected chi connectivity index (χ2v) is 3.40. The van der Waals surface area contributed by atoms with Gasteiger partial charge in [-0.15, -0.1) is 0 Å². The summed E-state index contributed by atoms with van der Waals surface area (Å²) >= 11 is 0. The minimum atomic E-state index is -0.507. The summed E-state index contributed by atoms with van der Waals surface area (Å²) < 4.78 is 26.7. The first-order valence-corrected chi connectivity index (χ1v) is 5.70. The molecular weight excluding hydrogens is 218 g/mol. The molecule has 2 heteroatoms. The third-order valence-electron chi connectivity index (χ3n) is 2.41. The Morgan fingerprint density at radius 2 is 1.41 bits per heavy atom. The van der Waals surface area contributed by atoms with Crippen LogP contribution in [0, 0.1) is 18.6 Å². The van der Waals surface area contributed by atoms with Gasteiger partial charge in [-0.3, -0.25) is 0 Å². The molecule has 0 N–H and O–H groups in total. The Labute approximate surface area is 101 Å². The second kappa shape index (κ2) is 6.14. The maximum absolute atomic E-state index is 13.7. The molecule has 2 aromatic rings. The largest absolute Gasteiger partial charge is 0.207 e. The summed E-state index contributed by atoms with van der Waals surface area (Å²) in [5, 5.41) is 0. The van der Waals surface area contributed by atoms with Gasteiger partial charge in [0.25, 0.3) is 0 Å². The zero-order valence-electron chi connectivity index (χ0n) is 10.3. The molecule has 0 spiro atoms. The number of benzene rings is 2. The van der Waals surface area contributed by atoms with Crippen LogP contribution in [-0.4, -0.2) is 0 Å². The van der Waals surface area contributed by atoms with Crippen LogP contribution in [0.5, 0.6) is 0 Å². The van der Waals surface area contributed by atoms with E-state index in [1.165, 1.54) is 19.1 Å². The molecule has 90 valence electrons. The molecule has 0 atom stereocenters. The number of hydrogen-bond donors (Lipinski definition) is 0. The van der Waals surface area contributed by atoms with Gasteiger partial charge in [0.1, 0.15) is 11.6 Å². The Morgan fingerprint density at radius 3 is 2.00 bits per heavy atom. The van der Waals surface area contributed by atoms with Gasteiger partial charge in [-0.1, -0.05) is 44.2 Å². The molecule has 0 saturated carbocycles. The number of rotatable bonds is 1. The molecule has 0 fully saturated rings.